The molecule has 0 aromatic rings. The molecule has 0 saturated heterocycles. The summed E-state index contributed by atoms with van der Waals surface area (Å²) in [4.78, 5) is 11.2. The summed E-state index contributed by atoms with van der Waals surface area (Å²) in [7, 11) is 0. The first-order valence-electron chi connectivity index (χ1n) is 5.00. The van der Waals surface area contributed by atoms with Gasteiger partial charge in [0, 0.05) is 13.2 Å². The van der Waals surface area contributed by atoms with Crippen LogP contribution < -0.4 is 5.32 Å². The Morgan fingerprint density at radius 3 is 2.57 bits per heavy atom. The number of hydrogen-bond acceptors (Lipinski definition) is 3. The van der Waals surface area contributed by atoms with E-state index in [9.17, 15) is 4.79 Å². The molecule has 2 N–H and O–H groups in total. The summed E-state index contributed by atoms with van der Waals surface area (Å²) in [5.74, 6) is 0.817. The maximum absolute atomic E-state index is 11.2. The topological polar surface area (TPSA) is 58.6 Å². The highest BCUT2D eigenvalue weighted by molar-refractivity contribution is 5.67. The Morgan fingerprint density at radius 2 is 2.14 bits per heavy atom. The Labute approximate surface area is 84.6 Å². The molecule has 1 aliphatic rings. The van der Waals surface area contributed by atoms with E-state index < -0.39 is 5.60 Å². The van der Waals surface area contributed by atoms with Gasteiger partial charge in [-0.3, -0.25) is 0 Å². The van der Waals surface area contributed by atoms with E-state index in [-0.39, 0.29) is 12.7 Å². The molecule has 0 aliphatic heterocycles. The lowest BCUT2D eigenvalue weighted by molar-refractivity contribution is 0.0524. The predicted molar refractivity (Wildman–Crippen MR) is 52.9 cm³/mol. The van der Waals surface area contributed by atoms with Gasteiger partial charge in [0.1, 0.15) is 5.60 Å². The Morgan fingerprint density at radius 1 is 1.50 bits per heavy atom. The monoisotopic (exact) mass is 201 g/mol. The van der Waals surface area contributed by atoms with Gasteiger partial charge in [-0.05, 0) is 39.0 Å². The number of rotatable bonds is 3. The Balaban J connectivity index is 2.10. The summed E-state index contributed by atoms with van der Waals surface area (Å²) in [5, 5.41) is 11.5. The quantitative estimate of drug-likeness (QED) is 0.720. The molecule has 0 bridgehead atoms. The van der Waals surface area contributed by atoms with Crippen molar-refractivity contribution in [2.75, 3.05) is 13.2 Å². The second-order valence-electron chi connectivity index (χ2n) is 4.82. The minimum atomic E-state index is -0.440. The van der Waals surface area contributed by atoms with E-state index in [1.807, 2.05) is 20.8 Å². The van der Waals surface area contributed by atoms with Crippen LogP contribution in [0.2, 0.25) is 0 Å². The summed E-state index contributed by atoms with van der Waals surface area (Å²) in [5.41, 5.74) is -0.440. The second-order valence-corrected chi connectivity index (χ2v) is 4.82. The maximum atomic E-state index is 11.2. The Bertz CT molecular complexity index is 210. The number of nitrogens with one attached hydrogen (secondary N) is 1. The Hall–Kier alpha value is -0.770. The molecule has 14 heavy (non-hydrogen) atoms. The minimum Gasteiger partial charge on any atom is -0.444 e. The molecular formula is C10H19NO3. The summed E-state index contributed by atoms with van der Waals surface area (Å²) >= 11 is 0. The van der Waals surface area contributed by atoms with Gasteiger partial charge in [0.25, 0.3) is 0 Å². The van der Waals surface area contributed by atoms with Crippen LogP contribution in [0.25, 0.3) is 0 Å². The van der Waals surface area contributed by atoms with Crippen LogP contribution in [0.1, 0.15) is 27.2 Å². The van der Waals surface area contributed by atoms with Crippen LogP contribution in [-0.4, -0.2) is 30.0 Å². The lowest BCUT2D eigenvalue weighted by Crippen LogP contribution is -2.33. The summed E-state index contributed by atoms with van der Waals surface area (Å²) in [6.07, 6.45) is 0.632. The van der Waals surface area contributed by atoms with Gasteiger partial charge >= 0.3 is 6.09 Å². The molecule has 0 aromatic carbocycles. The third-order valence-electron chi connectivity index (χ3n) is 2.21. The van der Waals surface area contributed by atoms with Gasteiger partial charge < -0.3 is 15.2 Å². The number of aliphatic hydroxyl groups excluding tert-OH is 1. The minimum absolute atomic E-state index is 0.223. The summed E-state index contributed by atoms with van der Waals surface area (Å²) < 4.78 is 5.07. The summed E-state index contributed by atoms with van der Waals surface area (Å²) in [6, 6.07) is 0. The number of carbonyl (C=O) groups is 1. The van der Waals surface area contributed by atoms with Gasteiger partial charge in [0.15, 0.2) is 0 Å². The van der Waals surface area contributed by atoms with Crippen molar-refractivity contribution in [1.29, 1.82) is 0 Å². The first-order valence-corrected chi connectivity index (χ1v) is 5.00. The number of alkyl carbamates (subject to hydrolysis) is 1. The molecule has 0 radical (unpaired) electrons. The maximum Gasteiger partial charge on any atom is 0.407 e. The molecule has 0 unspecified atom stereocenters. The van der Waals surface area contributed by atoms with Crippen molar-refractivity contribution in [2.45, 2.75) is 32.8 Å². The van der Waals surface area contributed by atoms with Crippen LogP contribution in [0.15, 0.2) is 0 Å². The average molecular weight is 201 g/mol. The zero-order valence-electron chi connectivity index (χ0n) is 9.04. The molecule has 1 aliphatic carbocycles. The molecule has 1 fully saturated rings. The number of ether oxygens (including phenoxy) is 1. The van der Waals surface area contributed by atoms with Crippen LogP contribution in [0.3, 0.4) is 0 Å². The Kier molecular flexibility index (Phi) is 3.37. The number of aliphatic hydroxyl groups is 1. The van der Waals surface area contributed by atoms with Crippen molar-refractivity contribution in [3.63, 3.8) is 0 Å². The number of carbonyl (C=O) groups excluding carboxylic acids is 1. The van der Waals surface area contributed by atoms with Crippen molar-refractivity contribution >= 4 is 6.09 Å². The summed E-state index contributed by atoms with van der Waals surface area (Å²) in [6.45, 7) is 6.33. The standard InChI is InChI=1S/C10H19NO3/c1-10(2,3)14-9(13)11-5-7-4-8(7)6-12/h7-8,12H,4-6H2,1-3H3,(H,11,13)/t7-,8+/m1/s1. The second kappa shape index (κ2) is 4.17. The van der Waals surface area contributed by atoms with Crippen molar-refractivity contribution in [1.82, 2.24) is 5.32 Å². The van der Waals surface area contributed by atoms with Crippen molar-refractivity contribution in [2.24, 2.45) is 11.8 Å². The first-order chi connectivity index (χ1) is 6.42. The lowest BCUT2D eigenvalue weighted by atomic mass is 10.2. The highest BCUT2D eigenvalue weighted by Crippen LogP contribution is 2.36. The van der Waals surface area contributed by atoms with Gasteiger partial charge in [0.2, 0.25) is 0 Å². The van der Waals surface area contributed by atoms with E-state index in [4.69, 9.17) is 9.84 Å². The van der Waals surface area contributed by atoms with Crippen molar-refractivity contribution in [3.05, 3.63) is 0 Å². The van der Waals surface area contributed by atoms with Gasteiger partial charge in [0.05, 0.1) is 0 Å². The van der Waals surface area contributed by atoms with Crippen LogP contribution in [-0.2, 0) is 4.74 Å². The van der Waals surface area contributed by atoms with E-state index in [0.717, 1.165) is 6.42 Å². The van der Waals surface area contributed by atoms with E-state index in [1.165, 1.54) is 0 Å². The van der Waals surface area contributed by atoms with E-state index in [1.54, 1.807) is 0 Å². The van der Waals surface area contributed by atoms with Gasteiger partial charge in [-0.15, -0.1) is 0 Å². The number of hydrogen-bond donors (Lipinski definition) is 2. The third-order valence-corrected chi connectivity index (χ3v) is 2.21. The van der Waals surface area contributed by atoms with Gasteiger partial charge in [-0.2, -0.15) is 0 Å². The molecule has 2 atom stereocenters. The largest absolute Gasteiger partial charge is 0.444 e. The van der Waals surface area contributed by atoms with Crippen LogP contribution in [0.5, 0.6) is 0 Å². The highest BCUT2D eigenvalue weighted by atomic mass is 16.6. The van der Waals surface area contributed by atoms with Gasteiger partial charge in [-0.25, -0.2) is 4.79 Å². The normalized spacial score (nSPS) is 25.7. The van der Waals surface area contributed by atoms with E-state index >= 15 is 0 Å². The van der Waals surface area contributed by atoms with Crippen molar-refractivity contribution < 1.29 is 14.6 Å². The zero-order valence-corrected chi connectivity index (χ0v) is 9.04. The molecule has 1 amide bonds. The molecule has 4 heteroatoms. The van der Waals surface area contributed by atoms with Crippen LogP contribution in [0, 0.1) is 11.8 Å². The predicted octanol–water partition coefficient (Wildman–Crippen LogP) is 1.14. The average Bonchev–Trinajstić information content (AvgIpc) is 2.76. The molecule has 1 saturated carbocycles. The first kappa shape index (κ1) is 11.3. The van der Waals surface area contributed by atoms with E-state index in [2.05, 4.69) is 5.32 Å². The molecule has 0 heterocycles. The SMILES string of the molecule is CC(C)(C)OC(=O)NC[C@H]1C[C@H]1CO. The fourth-order valence-corrected chi connectivity index (χ4v) is 1.31. The van der Waals surface area contributed by atoms with Crippen LogP contribution >= 0.6 is 0 Å². The smallest absolute Gasteiger partial charge is 0.407 e. The molecule has 4 nitrogen and oxygen atoms in total. The van der Waals surface area contributed by atoms with Gasteiger partial charge in [-0.1, -0.05) is 0 Å². The molecular weight excluding hydrogens is 182 g/mol. The molecule has 1 rings (SSSR count). The fourth-order valence-electron chi connectivity index (χ4n) is 1.31. The molecule has 82 valence electrons. The van der Waals surface area contributed by atoms with E-state index in [0.29, 0.717) is 18.4 Å². The zero-order chi connectivity index (χ0) is 10.8. The fraction of sp³-hybridized carbons (Fsp3) is 0.900. The highest BCUT2D eigenvalue weighted by Gasteiger charge is 2.36. The molecule has 0 spiro atoms. The molecule has 0 aromatic heterocycles. The third kappa shape index (κ3) is 3.96. The number of amides is 1. The van der Waals surface area contributed by atoms with Crippen LogP contribution in [0.4, 0.5) is 4.79 Å². The lowest BCUT2D eigenvalue weighted by Gasteiger charge is -2.19. The van der Waals surface area contributed by atoms with Crippen molar-refractivity contribution in [3.8, 4) is 0 Å².